The van der Waals surface area contributed by atoms with E-state index in [1.807, 2.05) is 30.3 Å². The third-order valence-corrected chi connectivity index (χ3v) is 5.47. The highest BCUT2D eigenvalue weighted by molar-refractivity contribution is 6.03. The van der Waals surface area contributed by atoms with Crippen LogP contribution in [0.25, 0.3) is 0 Å². The van der Waals surface area contributed by atoms with E-state index in [4.69, 9.17) is 18.9 Å². The van der Waals surface area contributed by atoms with E-state index in [0.717, 1.165) is 29.8 Å². The van der Waals surface area contributed by atoms with E-state index >= 15 is 0 Å². The first-order chi connectivity index (χ1) is 13.7. The molecule has 0 unspecified atom stereocenters. The largest absolute Gasteiger partial charge is 0.496 e. The van der Waals surface area contributed by atoms with Gasteiger partial charge in [-0.15, -0.1) is 0 Å². The number of hydrogen-bond donors (Lipinski definition) is 1. The van der Waals surface area contributed by atoms with Gasteiger partial charge in [0.15, 0.2) is 11.5 Å². The predicted octanol–water partition coefficient (Wildman–Crippen LogP) is 3.23. The highest BCUT2D eigenvalue weighted by atomic mass is 16.7. The second kappa shape index (κ2) is 7.59. The number of fused-ring (bicyclic) bond motifs is 2. The number of oxime groups is 1. The van der Waals surface area contributed by atoms with Crippen molar-refractivity contribution >= 4 is 5.71 Å². The highest BCUT2D eigenvalue weighted by Gasteiger charge is 2.35. The number of likely N-dealkylation sites (N-methyl/N-ethyl adjacent to an activating group) is 1. The Balaban J connectivity index is 1.77. The first kappa shape index (κ1) is 18.4. The van der Waals surface area contributed by atoms with E-state index < -0.39 is 0 Å². The van der Waals surface area contributed by atoms with Gasteiger partial charge < -0.3 is 24.2 Å². The lowest BCUT2D eigenvalue weighted by atomic mass is 9.87. The Hall–Kier alpha value is -2.93. The molecule has 1 N–H and O–H groups in total. The second-order valence-electron chi connectivity index (χ2n) is 6.91. The van der Waals surface area contributed by atoms with Gasteiger partial charge in [-0.25, -0.2) is 0 Å². The smallest absolute Gasteiger partial charge is 0.231 e. The van der Waals surface area contributed by atoms with Gasteiger partial charge in [0.25, 0.3) is 0 Å². The van der Waals surface area contributed by atoms with Crippen molar-refractivity contribution in [1.82, 2.24) is 4.90 Å². The van der Waals surface area contributed by atoms with Crippen molar-refractivity contribution in [3.63, 3.8) is 0 Å². The van der Waals surface area contributed by atoms with Crippen LogP contribution in [0.3, 0.4) is 0 Å². The van der Waals surface area contributed by atoms with Gasteiger partial charge in [0.2, 0.25) is 12.5 Å². The van der Waals surface area contributed by atoms with Crippen LogP contribution in [0.2, 0.25) is 0 Å². The van der Waals surface area contributed by atoms with Crippen molar-refractivity contribution in [1.29, 1.82) is 0 Å². The average molecular weight is 384 g/mol. The second-order valence-corrected chi connectivity index (χ2v) is 6.91. The minimum atomic E-state index is -0.0380. The van der Waals surface area contributed by atoms with Crippen molar-refractivity contribution in [3.05, 3.63) is 47.0 Å². The summed E-state index contributed by atoms with van der Waals surface area (Å²) in [4.78, 5) is 2.24. The van der Waals surface area contributed by atoms with Crippen molar-refractivity contribution in [3.8, 4) is 23.0 Å². The molecule has 0 amide bonds. The fourth-order valence-electron chi connectivity index (χ4n) is 4.05. The maximum atomic E-state index is 9.78. The molecule has 4 rings (SSSR count). The van der Waals surface area contributed by atoms with Gasteiger partial charge >= 0.3 is 0 Å². The first-order valence-corrected chi connectivity index (χ1v) is 9.21. The molecule has 7 heteroatoms. The normalized spacial score (nSPS) is 18.7. The van der Waals surface area contributed by atoms with Gasteiger partial charge in [-0.3, -0.25) is 4.90 Å². The van der Waals surface area contributed by atoms with Crippen LogP contribution in [0.15, 0.2) is 35.5 Å². The zero-order chi connectivity index (χ0) is 19.7. The summed E-state index contributed by atoms with van der Waals surface area (Å²) in [5.74, 6) is 2.73. The molecular weight excluding hydrogens is 360 g/mol. The topological polar surface area (TPSA) is 72.8 Å². The van der Waals surface area contributed by atoms with Gasteiger partial charge in [-0.1, -0.05) is 17.3 Å². The van der Waals surface area contributed by atoms with Crippen molar-refractivity contribution in [2.45, 2.75) is 18.9 Å². The molecule has 0 bridgehead atoms. The molecule has 0 saturated carbocycles. The van der Waals surface area contributed by atoms with E-state index in [9.17, 15) is 5.21 Å². The van der Waals surface area contributed by atoms with Gasteiger partial charge in [0.1, 0.15) is 5.75 Å². The molecule has 2 aromatic carbocycles. The third kappa shape index (κ3) is 3.01. The van der Waals surface area contributed by atoms with Crippen molar-refractivity contribution < 1.29 is 24.2 Å². The number of benzene rings is 2. The molecule has 2 heterocycles. The van der Waals surface area contributed by atoms with E-state index in [0.29, 0.717) is 29.4 Å². The predicted molar refractivity (Wildman–Crippen MR) is 104 cm³/mol. The Bertz CT molecular complexity index is 912. The van der Waals surface area contributed by atoms with Crippen LogP contribution in [-0.4, -0.2) is 50.4 Å². The Morgan fingerprint density at radius 1 is 1.25 bits per heavy atom. The molecule has 148 valence electrons. The molecule has 0 aliphatic carbocycles. The Morgan fingerprint density at radius 2 is 2.07 bits per heavy atom. The standard InChI is InChI=1S/C21H24N2O5/c1-23-9-8-13-10-18-20(28-12-27-18)21(26-3)19(13)16(23)11-15(22-24)14-6-4-5-7-17(14)25-2/h4-7,10,16,24H,8-9,11-12H2,1-3H3/t16-/m0/s1. The van der Waals surface area contributed by atoms with E-state index in [1.54, 1.807) is 14.2 Å². The summed E-state index contributed by atoms with van der Waals surface area (Å²) in [7, 11) is 5.32. The minimum Gasteiger partial charge on any atom is -0.496 e. The Kier molecular flexibility index (Phi) is 5.00. The number of rotatable bonds is 5. The summed E-state index contributed by atoms with van der Waals surface area (Å²) < 4.78 is 22.4. The van der Waals surface area contributed by atoms with Crippen LogP contribution < -0.4 is 18.9 Å². The van der Waals surface area contributed by atoms with E-state index in [2.05, 4.69) is 17.1 Å². The minimum absolute atomic E-state index is 0.0380. The zero-order valence-electron chi connectivity index (χ0n) is 16.3. The van der Waals surface area contributed by atoms with Gasteiger partial charge in [0, 0.05) is 30.1 Å². The van der Waals surface area contributed by atoms with Gasteiger partial charge in [0.05, 0.1) is 19.9 Å². The van der Waals surface area contributed by atoms with Crippen LogP contribution in [0.1, 0.15) is 29.2 Å². The van der Waals surface area contributed by atoms with Gasteiger partial charge in [-0.2, -0.15) is 0 Å². The number of nitrogens with zero attached hydrogens (tertiary/aromatic N) is 2. The fraction of sp³-hybridized carbons (Fsp3) is 0.381. The summed E-state index contributed by atoms with van der Waals surface area (Å²) >= 11 is 0. The number of ether oxygens (including phenoxy) is 4. The summed E-state index contributed by atoms with van der Waals surface area (Å²) in [6.45, 7) is 1.07. The quantitative estimate of drug-likeness (QED) is 0.485. The molecule has 2 aliphatic heterocycles. The molecule has 2 aromatic rings. The summed E-state index contributed by atoms with van der Waals surface area (Å²) in [6, 6.07) is 9.55. The lowest BCUT2D eigenvalue weighted by Gasteiger charge is -2.36. The highest BCUT2D eigenvalue weighted by Crippen LogP contribution is 2.50. The summed E-state index contributed by atoms with van der Waals surface area (Å²) in [5.41, 5.74) is 3.55. The maximum absolute atomic E-state index is 9.78. The van der Waals surface area contributed by atoms with Crippen LogP contribution >= 0.6 is 0 Å². The molecule has 0 aromatic heterocycles. The van der Waals surface area contributed by atoms with Crippen molar-refractivity contribution in [2.24, 2.45) is 5.16 Å². The molecule has 0 radical (unpaired) electrons. The lowest BCUT2D eigenvalue weighted by Crippen LogP contribution is -2.34. The molecule has 2 aliphatic rings. The van der Waals surface area contributed by atoms with Crippen LogP contribution in [0.5, 0.6) is 23.0 Å². The van der Waals surface area contributed by atoms with Gasteiger partial charge in [-0.05, 0) is 37.2 Å². The van der Waals surface area contributed by atoms with E-state index in [-0.39, 0.29) is 12.8 Å². The zero-order valence-corrected chi connectivity index (χ0v) is 16.3. The molecule has 0 saturated heterocycles. The SMILES string of the molecule is COc1ccccc1C(C[C@H]1c2c(cc3c(c2OC)OCO3)CCN1C)=NO. The van der Waals surface area contributed by atoms with Crippen LogP contribution in [0.4, 0.5) is 0 Å². The molecule has 0 spiro atoms. The van der Waals surface area contributed by atoms with Crippen LogP contribution in [0, 0.1) is 0 Å². The Morgan fingerprint density at radius 3 is 2.82 bits per heavy atom. The van der Waals surface area contributed by atoms with Crippen LogP contribution in [-0.2, 0) is 6.42 Å². The lowest BCUT2D eigenvalue weighted by molar-refractivity contribution is 0.170. The summed E-state index contributed by atoms with van der Waals surface area (Å²) in [6.07, 6.45) is 1.38. The molecule has 7 nitrogen and oxygen atoms in total. The average Bonchev–Trinajstić information content (AvgIpc) is 3.20. The molecule has 0 fully saturated rings. The molecule has 1 atom stereocenters. The fourth-order valence-corrected chi connectivity index (χ4v) is 4.05. The maximum Gasteiger partial charge on any atom is 0.231 e. The molecule has 28 heavy (non-hydrogen) atoms. The molecular formula is C21H24N2O5. The Labute approximate surface area is 164 Å². The monoisotopic (exact) mass is 384 g/mol. The third-order valence-electron chi connectivity index (χ3n) is 5.47. The number of methoxy groups -OCH3 is 2. The van der Waals surface area contributed by atoms with E-state index in [1.165, 1.54) is 5.56 Å². The van der Waals surface area contributed by atoms with Crippen molar-refractivity contribution in [2.75, 3.05) is 34.6 Å². The first-order valence-electron chi connectivity index (χ1n) is 9.21. The number of para-hydroxylation sites is 1. The summed E-state index contributed by atoms with van der Waals surface area (Å²) in [5, 5.41) is 13.4. The number of hydrogen-bond acceptors (Lipinski definition) is 7.